The van der Waals surface area contributed by atoms with Crippen LogP contribution in [0.25, 0.3) is 0 Å². The Balaban J connectivity index is 2.03. The van der Waals surface area contributed by atoms with Gasteiger partial charge in [-0.25, -0.2) is 13.1 Å². The van der Waals surface area contributed by atoms with Crippen LogP contribution in [-0.4, -0.2) is 37.2 Å². The van der Waals surface area contributed by atoms with Gasteiger partial charge in [-0.05, 0) is 60.6 Å². The second-order valence-electron chi connectivity index (χ2n) is 10.3. The predicted octanol–water partition coefficient (Wildman–Crippen LogP) is 5.40. The lowest BCUT2D eigenvalue weighted by Gasteiger charge is -2.46. The van der Waals surface area contributed by atoms with Gasteiger partial charge >= 0.3 is 5.97 Å². The summed E-state index contributed by atoms with van der Waals surface area (Å²) in [6.07, 6.45) is 0.0236. The van der Waals surface area contributed by atoms with E-state index in [1.165, 1.54) is 0 Å². The van der Waals surface area contributed by atoms with Gasteiger partial charge in [0.15, 0.2) is 0 Å². The number of aliphatic carboxylic acids is 1. The first-order chi connectivity index (χ1) is 17.3. The third kappa shape index (κ3) is 7.05. The monoisotopic (exact) mass is 568 g/mol. The molecule has 0 spiro atoms. The molecule has 2 aromatic rings. The number of amides is 1. The Labute approximate surface area is 229 Å². The molecule has 0 saturated carbocycles. The SMILES string of the molecule is CCS(=O)(=O)NC(c1ccc(Cl)cc1)C(C)C(C)[C@@H]1NC(=O)[C@](C)(CC(=O)O)C[C@@H]1c1cccc(Cl)c1. The first-order valence-corrected chi connectivity index (χ1v) is 14.7. The van der Waals surface area contributed by atoms with Gasteiger partial charge in [0.05, 0.1) is 17.6 Å². The van der Waals surface area contributed by atoms with Gasteiger partial charge < -0.3 is 10.4 Å². The van der Waals surface area contributed by atoms with Crippen molar-refractivity contribution in [1.82, 2.24) is 10.0 Å². The number of benzene rings is 2. The van der Waals surface area contributed by atoms with Crippen LogP contribution in [-0.2, 0) is 19.6 Å². The molecule has 7 nitrogen and oxygen atoms in total. The molecule has 1 amide bonds. The highest BCUT2D eigenvalue weighted by atomic mass is 35.5. The van der Waals surface area contributed by atoms with E-state index in [1.807, 2.05) is 32.0 Å². The summed E-state index contributed by atoms with van der Waals surface area (Å²) in [7, 11) is -3.55. The maximum absolute atomic E-state index is 13.3. The normalized spacial score (nSPS) is 24.6. The van der Waals surface area contributed by atoms with E-state index in [9.17, 15) is 23.1 Å². The van der Waals surface area contributed by atoms with Gasteiger partial charge in [-0.1, -0.05) is 68.2 Å². The molecule has 1 aliphatic heterocycles. The van der Waals surface area contributed by atoms with E-state index in [2.05, 4.69) is 10.0 Å². The Hall–Kier alpha value is -2.13. The number of piperidine rings is 1. The van der Waals surface area contributed by atoms with Gasteiger partial charge in [-0.2, -0.15) is 0 Å². The molecule has 0 aromatic heterocycles. The lowest BCUT2D eigenvalue weighted by molar-refractivity contribution is -0.148. The van der Waals surface area contributed by atoms with E-state index in [1.54, 1.807) is 44.2 Å². The number of carbonyl (C=O) groups is 2. The van der Waals surface area contributed by atoms with Crippen LogP contribution in [0, 0.1) is 17.3 Å². The van der Waals surface area contributed by atoms with Gasteiger partial charge in [0, 0.05) is 28.0 Å². The van der Waals surface area contributed by atoms with Gasteiger partial charge in [0.2, 0.25) is 15.9 Å². The molecule has 0 aliphatic carbocycles. The van der Waals surface area contributed by atoms with Crippen LogP contribution in [0.2, 0.25) is 10.0 Å². The van der Waals surface area contributed by atoms with Crippen molar-refractivity contribution in [2.75, 3.05) is 5.75 Å². The largest absolute Gasteiger partial charge is 0.481 e. The van der Waals surface area contributed by atoms with E-state index >= 15 is 0 Å². The van der Waals surface area contributed by atoms with Crippen molar-refractivity contribution in [3.8, 4) is 0 Å². The molecule has 6 atom stereocenters. The fraction of sp³-hybridized carbons (Fsp3) is 0.481. The second-order valence-corrected chi connectivity index (χ2v) is 13.2. The first kappa shape index (κ1) is 29.4. The molecule has 0 bridgehead atoms. The number of sulfonamides is 1. The number of carbonyl (C=O) groups excluding carboxylic acids is 1. The fourth-order valence-corrected chi connectivity index (χ4v) is 6.46. The predicted molar refractivity (Wildman–Crippen MR) is 146 cm³/mol. The maximum atomic E-state index is 13.3. The number of halogens is 2. The highest BCUT2D eigenvalue weighted by Crippen LogP contribution is 2.45. The lowest BCUT2D eigenvalue weighted by atomic mass is 9.65. The van der Waals surface area contributed by atoms with Crippen molar-refractivity contribution in [2.24, 2.45) is 17.3 Å². The summed E-state index contributed by atoms with van der Waals surface area (Å²) in [4.78, 5) is 24.9. The Bertz CT molecular complexity index is 1240. The summed E-state index contributed by atoms with van der Waals surface area (Å²) < 4.78 is 28.1. The summed E-state index contributed by atoms with van der Waals surface area (Å²) in [5, 5.41) is 13.7. The topological polar surface area (TPSA) is 113 Å². The Morgan fingerprint density at radius 2 is 1.81 bits per heavy atom. The minimum Gasteiger partial charge on any atom is -0.481 e. The summed E-state index contributed by atoms with van der Waals surface area (Å²) in [6.45, 7) is 7.18. The molecule has 3 rings (SSSR count). The van der Waals surface area contributed by atoms with Crippen LogP contribution in [0.5, 0.6) is 0 Å². The molecular weight excluding hydrogens is 535 g/mol. The van der Waals surface area contributed by atoms with Crippen molar-refractivity contribution >= 4 is 45.1 Å². The van der Waals surface area contributed by atoms with Crippen molar-refractivity contribution in [3.05, 3.63) is 69.7 Å². The molecule has 1 aliphatic rings. The Morgan fingerprint density at radius 1 is 1.16 bits per heavy atom. The van der Waals surface area contributed by atoms with Gasteiger partial charge in [0.1, 0.15) is 0 Å². The summed E-state index contributed by atoms with van der Waals surface area (Å²) >= 11 is 12.4. The van der Waals surface area contributed by atoms with E-state index in [0.717, 1.165) is 11.1 Å². The molecule has 1 fully saturated rings. The van der Waals surface area contributed by atoms with E-state index < -0.39 is 27.4 Å². The molecule has 3 N–H and O–H groups in total. The average molecular weight is 570 g/mol. The van der Waals surface area contributed by atoms with Crippen molar-refractivity contribution in [3.63, 3.8) is 0 Å². The molecular formula is C27H34Cl2N2O5S. The smallest absolute Gasteiger partial charge is 0.304 e. The van der Waals surface area contributed by atoms with Crippen molar-refractivity contribution in [2.45, 2.75) is 58.5 Å². The number of carboxylic acid groups (broad SMARTS) is 1. The number of nitrogens with one attached hydrogen (secondary N) is 2. The second kappa shape index (κ2) is 11.7. The zero-order valence-electron chi connectivity index (χ0n) is 21.4. The van der Waals surface area contributed by atoms with Crippen LogP contribution in [0.15, 0.2) is 48.5 Å². The summed E-state index contributed by atoms with van der Waals surface area (Å²) in [6, 6.07) is 13.4. The number of hydrogen-bond donors (Lipinski definition) is 3. The average Bonchev–Trinajstić information content (AvgIpc) is 2.83. The van der Waals surface area contributed by atoms with Gasteiger partial charge in [0.25, 0.3) is 0 Å². The Kier molecular flexibility index (Phi) is 9.32. The standard InChI is InChI=1S/C27H34Cl2N2O5S/c1-5-37(35,36)31-24(18-9-11-20(28)12-10-18)16(2)17(3)25-22(19-7-6-8-21(29)13-19)14-27(4,15-23(32)33)26(34)30-25/h6-13,16-17,22,24-25,31H,5,14-15H2,1-4H3,(H,30,34)(H,32,33)/t16?,17?,22-,24?,25+,27+/m1/s1. The fourth-order valence-electron chi connectivity index (χ4n) is 5.23. The molecule has 202 valence electrons. The molecule has 2 aromatic carbocycles. The van der Waals surface area contributed by atoms with Crippen LogP contribution < -0.4 is 10.0 Å². The minimum absolute atomic E-state index is 0.0724. The molecule has 1 heterocycles. The molecule has 37 heavy (non-hydrogen) atoms. The van der Waals surface area contributed by atoms with Crippen LogP contribution in [0.4, 0.5) is 0 Å². The Morgan fingerprint density at radius 3 is 2.38 bits per heavy atom. The number of hydrogen-bond acceptors (Lipinski definition) is 4. The number of rotatable bonds is 10. The van der Waals surface area contributed by atoms with Crippen LogP contribution in [0.1, 0.15) is 63.6 Å². The van der Waals surface area contributed by atoms with E-state index in [0.29, 0.717) is 16.5 Å². The third-order valence-electron chi connectivity index (χ3n) is 7.61. The molecule has 0 radical (unpaired) electrons. The van der Waals surface area contributed by atoms with Crippen molar-refractivity contribution < 1.29 is 23.1 Å². The van der Waals surface area contributed by atoms with Crippen LogP contribution in [0.3, 0.4) is 0 Å². The van der Waals surface area contributed by atoms with Crippen LogP contribution >= 0.6 is 23.2 Å². The molecule has 3 unspecified atom stereocenters. The van der Waals surface area contributed by atoms with Crippen molar-refractivity contribution in [1.29, 1.82) is 0 Å². The molecule has 10 heteroatoms. The first-order valence-electron chi connectivity index (χ1n) is 12.3. The van der Waals surface area contributed by atoms with Gasteiger partial charge in [-0.3, -0.25) is 9.59 Å². The third-order valence-corrected chi connectivity index (χ3v) is 9.47. The summed E-state index contributed by atoms with van der Waals surface area (Å²) in [5.41, 5.74) is 0.556. The summed E-state index contributed by atoms with van der Waals surface area (Å²) in [5.74, 6) is -2.13. The maximum Gasteiger partial charge on any atom is 0.304 e. The van der Waals surface area contributed by atoms with Gasteiger partial charge in [-0.15, -0.1) is 0 Å². The minimum atomic E-state index is -3.55. The highest BCUT2D eigenvalue weighted by Gasteiger charge is 2.48. The van der Waals surface area contributed by atoms with E-state index in [-0.39, 0.29) is 41.9 Å². The lowest BCUT2D eigenvalue weighted by Crippen LogP contribution is -2.57. The van der Waals surface area contributed by atoms with E-state index in [4.69, 9.17) is 23.2 Å². The molecule has 1 saturated heterocycles. The zero-order valence-corrected chi connectivity index (χ0v) is 23.7. The number of carboxylic acids is 1. The highest BCUT2D eigenvalue weighted by molar-refractivity contribution is 7.89. The quantitative estimate of drug-likeness (QED) is 0.355. The zero-order chi connectivity index (χ0) is 27.5.